The summed E-state index contributed by atoms with van der Waals surface area (Å²) in [4.78, 5) is 49.5. The van der Waals surface area contributed by atoms with Gasteiger partial charge in [-0.05, 0) is 157 Å². The molecule has 7 aromatic rings. The van der Waals surface area contributed by atoms with E-state index in [9.17, 15) is 9.18 Å². The minimum Gasteiger partial charge on any atom is -0.484 e. The van der Waals surface area contributed by atoms with Crippen LogP contribution in [0.1, 0.15) is 66.1 Å². The summed E-state index contributed by atoms with van der Waals surface area (Å²) in [5, 5.41) is 4.89. The summed E-state index contributed by atoms with van der Waals surface area (Å²) < 4.78 is 30.3. The van der Waals surface area contributed by atoms with Crippen LogP contribution in [0.2, 0.25) is 10.0 Å². The minimum atomic E-state index is -0.677. The maximum absolute atomic E-state index is 14.3. The maximum atomic E-state index is 14.3. The molecule has 2 aromatic carbocycles. The fourth-order valence-corrected chi connectivity index (χ4v) is 11.8. The summed E-state index contributed by atoms with van der Waals surface area (Å²) in [6.07, 6.45) is 35.9. The molecule has 414 valence electrons. The van der Waals surface area contributed by atoms with Gasteiger partial charge < -0.3 is 20.1 Å². The zero-order valence-electron chi connectivity index (χ0n) is 45.4. The Morgan fingerprint density at radius 1 is 0.643 bits per heavy atom. The fourth-order valence-electron chi connectivity index (χ4n) is 11.1. The van der Waals surface area contributed by atoms with Gasteiger partial charge in [0.2, 0.25) is 0 Å². The second kappa shape index (κ2) is 23.2. The number of fused-ring (bicyclic) bond motifs is 4. The van der Waals surface area contributed by atoms with Crippen molar-refractivity contribution in [3.05, 3.63) is 256 Å². The molecule has 0 radical (unpaired) electrons. The molecular formula is C66H52Cl2FN12O3+. The highest BCUT2D eigenvalue weighted by Crippen LogP contribution is 2.41. The van der Waals surface area contributed by atoms with E-state index in [0.717, 1.165) is 101 Å². The van der Waals surface area contributed by atoms with Gasteiger partial charge in [0, 0.05) is 113 Å². The van der Waals surface area contributed by atoms with E-state index in [0.29, 0.717) is 60.9 Å². The summed E-state index contributed by atoms with van der Waals surface area (Å²) in [6, 6.07) is 24.3. The molecule has 6 aliphatic rings. The average Bonchev–Trinajstić information content (AvgIpc) is 4.56. The number of aromatic nitrogens is 6. The number of nitrogens with two attached hydrogens (primary N) is 1. The molecule has 13 rings (SSSR count). The predicted molar refractivity (Wildman–Crippen MR) is 327 cm³/mol. The van der Waals surface area contributed by atoms with Gasteiger partial charge in [-0.15, -0.1) is 0 Å². The number of aryl methyl sites for hydroxylation is 1. The molecule has 6 aliphatic heterocycles. The Morgan fingerprint density at radius 2 is 1.13 bits per heavy atom. The monoisotopic (exact) mass is 1150 g/mol. The molecule has 1 atom stereocenters. The van der Waals surface area contributed by atoms with Gasteiger partial charge >= 0.3 is 6.09 Å². The van der Waals surface area contributed by atoms with Gasteiger partial charge in [0.05, 0.1) is 75.2 Å². The van der Waals surface area contributed by atoms with Crippen LogP contribution < -0.4 is 15.0 Å². The first kappa shape index (κ1) is 53.5. The summed E-state index contributed by atoms with van der Waals surface area (Å²) in [6.45, 7) is 3.69. The van der Waals surface area contributed by atoms with Gasteiger partial charge in [-0.1, -0.05) is 29.3 Å². The number of rotatable bonds is 13. The molecule has 1 fully saturated rings. The highest BCUT2D eigenvalue weighted by Gasteiger charge is 2.30. The first-order valence-electron chi connectivity index (χ1n) is 27.5. The third-order valence-electron chi connectivity index (χ3n) is 15.3. The van der Waals surface area contributed by atoms with E-state index in [1.807, 2.05) is 120 Å². The zero-order valence-corrected chi connectivity index (χ0v) is 46.9. The molecule has 0 aliphatic carbocycles. The van der Waals surface area contributed by atoms with Gasteiger partial charge in [-0.3, -0.25) is 19.6 Å². The minimum absolute atomic E-state index is 0.0882. The molecule has 18 heteroatoms. The van der Waals surface area contributed by atoms with Crippen LogP contribution in [0.5, 0.6) is 5.75 Å². The van der Waals surface area contributed by atoms with E-state index in [1.54, 1.807) is 61.3 Å². The molecular weight excluding hydrogens is 1100 g/mol. The first-order chi connectivity index (χ1) is 41.1. The number of likely N-dealkylation sites (tertiary alicyclic amines) is 1. The van der Waals surface area contributed by atoms with Crippen molar-refractivity contribution in [1.29, 1.82) is 0 Å². The predicted octanol–water partition coefficient (Wildman–Crippen LogP) is 13.1. The number of amides is 1. The number of pyridine rings is 4. The normalized spacial score (nSPS) is 16.9. The number of carbonyl (C=O) groups is 1. The summed E-state index contributed by atoms with van der Waals surface area (Å²) in [7, 11) is 0. The first-order valence-corrected chi connectivity index (χ1v) is 28.3. The van der Waals surface area contributed by atoms with Crippen LogP contribution in [0.25, 0.3) is 33.4 Å². The van der Waals surface area contributed by atoms with E-state index < -0.39 is 11.9 Å². The number of carbonyl (C=O) groups excluding carboxylic acids is 1. The topological polar surface area (TPSA) is 175 Å². The average molecular weight is 1150 g/mol. The van der Waals surface area contributed by atoms with Crippen molar-refractivity contribution in [1.82, 2.24) is 29.6 Å². The highest BCUT2D eigenvalue weighted by atomic mass is 35.5. The molecule has 1 saturated heterocycles. The molecule has 2 N–H and O–H groups in total. The van der Waals surface area contributed by atoms with Crippen molar-refractivity contribution in [2.75, 3.05) is 25.4 Å². The van der Waals surface area contributed by atoms with E-state index in [2.05, 4.69) is 31.7 Å². The van der Waals surface area contributed by atoms with Crippen LogP contribution in [-0.4, -0.2) is 78.3 Å². The van der Waals surface area contributed by atoms with Crippen LogP contribution >= 0.6 is 23.2 Å². The molecule has 11 heterocycles. The maximum Gasteiger partial charge on any atom is 0.409 e. The van der Waals surface area contributed by atoms with Gasteiger partial charge in [0.15, 0.2) is 18.9 Å². The zero-order chi connectivity index (χ0) is 57.3. The number of nitrogen functional groups attached to an aromatic ring is 1. The Morgan fingerprint density at radius 3 is 1.63 bits per heavy atom. The van der Waals surface area contributed by atoms with E-state index >= 15 is 0 Å². The lowest BCUT2D eigenvalue weighted by Crippen LogP contribution is -2.40. The Bertz CT molecular complexity index is 4150. The van der Waals surface area contributed by atoms with Crippen LogP contribution in [-0.2, 0) is 11.3 Å². The lowest BCUT2D eigenvalue weighted by atomic mass is 9.99. The van der Waals surface area contributed by atoms with Crippen LogP contribution in [0.15, 0.2) is 232 Å². The van der Waals surface area contributed by atoms with Crippen LogP contribution in [0, 0.1) is 5.82 Å². The number of aliphatic imine (C=N–C) groups is 4. The number of nitrogens with zero attached hydrogens (tertiary/aromatic N) is 11. The number of ether oxygens (including phenoxy) is 2. The number of anilines is 1. The Balaban J connectivity index is 0.700. The smallest absolute Gasteiger partial charge is 0.409 e. The summed E-state index contributed by atoms with van der Waals surface area (Å²) in [5.74, 6) is -0.178. The number of piperidine rings is 1. The molecule has 1 amide bonds. The van der Waals surface area contributed by atoms with Crippen molar-refractivity contribution in [2.45, 2.75) is 44.9 Å². The Kier molecular flexibility index (Phi) is 14.8. The number of benzene rings is 2. The quantitative estimate of drug-likeness (QED) is 0.0514. The van der Waals surface area contributed by atoms with E-state index in [1.165, 1.54) is 12.1 Å². The summed E-state index contributed by atoms with van der Waals surface area (Å²) in [5.41, 5.74) is 22.0. The lowest BCUT2D eigenvalue weighted by molar-refractivity contribution is -0.697. The number of allylic oxidation sites excluding steroid dienone is 12. The molecule has 0 spiro atoms. The molecule has 15 nitrogen and oxygen atoms in total. The van der Waals surface area contributed by atoms with Crippen molar-refractivity contribution >= 4 is 80.1 Å². The van der Waals surface area contributed by atoms with Gasteiger partial charge in [0.25, 0.3) is 0 Å². The molecule has 1 unspecified atom stereocenters. The number of hydrogen-bond acceptors (Lipinski definition) is 12. The Labute approximate surface area is 493 Å². The van der Waals surface area contributed by atoms with Crippen molar-refractivity contribution < 1.29 is 23.2 Å². The third kappa shape index (κ3) is 10.8. The highest BCUT2D eigenvalue weighted by molar-refractivity contribution is 6.40. The van der Waals surface area contributed by atoms with Crippen molar-refractivity contribution in [3.8, 4) is 16.9 Å². The van der Waals surface area contributed by atoms with Gasteiger partial charge in [-0.25, -0.2) is 33.7 Å². The number of hydrogen-bond donors (Lipinski definition) is 1. The van der Waals surface area contributed by atoms with Gasteiger partial charge in [-0.2, -0.15) is 5.10 Å². The van der Waals surface area contributed by atoms with Crippen molar-refractivity contribution in [2.24, 2.45) is 20.0 Å². The summed E-state index contributed by atoms with van der Waals surface area (Å²) >= 11 is 12.6. The molecule has 84 heavy (non-hydrogen) atoms. The second-order valence-corrected chi connectivity index (χ2v) is 21.3. The fraction of sp³-hybridized carbons (Fsp3) is 0.152. The molecule has 5 aromatic heterocycles. The van der Waals surface area contributed by atoms with Crippen LogP contribution in [0.3, 0.4) is 0 Å². The Hall–Kier alpha value is -9.77. The molecule has 0 saturated carbocycles. The van der Waals surface area contributed by atoms with E-state index in [4.69, 9.17) is 63.5 Å². The van der Waals surface area contributed by atoms with Crippen LogP contribution in [0.4, 0.5) is 14.9 Å². The second-order valence-electron chi connectivity index (χ2n) is 20.6. The van der Waals surface area contributed by atoms with E-state index in [-0.39, 0.29) is 23.8 Å². The third-order valence-corrected chi connectivity index (χ3v) is 16.0. The SMILES string of the molecule is CC(Oc1cc(-c2cnn(C3CCN(C(=O)OCCC[n+]4ccc(C5=C6C=CC(=N6)C(c6ccncc6)=C6C=CC(=N6)C(c6ccncc6)=C6C=CC(=N6)C(c6ccncc6)=C6C=CC5=N6)cc4)CC3)c2)ccc1N)c1c(Cl)ccc(F)c1Cl. The standard InChI is InChI=1S/C66H52Cl2FN12O3/c1-40(60-48(67)4-5-49(69)65(60)68)84-59-37-45(3-6-50(59)70)46-38-74-81(39-46)47-23-34-80(35-24-47)66(82)83-36-2-31-79-32-21-44(22-33-79)64-57-13-11-55(77-57)62(42-17-27-72-28-18-42)53-9-7-51(75-53)61(41-15-25-71-26-16-41)52-8-10-54(76-52)63(43-19-29-73-30-20-43)56-12-14-58(64)78-56/h3-22,25-30,32-33,37-40,47H,2,23-24,31,34-36,70H2,1H3/q+1. The molecule has 8 bridgehead atoms. The number of halogens is 3. The van der Waals surface area contributed by atoms with Crippen molar-refractivity contribution in [3.63, 3.8) is 0 Å². The largest absolute Gasteiger partial charge is 0.484 e. The lowest BCUT2D eigenvalue weighted by Gasteiger charge is -2.31. The van der Waals surface area contributed by atoms with Gasteiger partial charge in [0.1, 0.15) is 17.7 Å².